The van der Waals surface area contributed by atoms with E-state index in [1.54, 1.807) is 11.8 Å². The second-order valence-electron chi connectivity index (χ2n) is 2.70. The van der Waals surface area contributed by atoms with Gasteiger partial charge in [0.05, 0.1) is 6.61 Å². The standard InChI is InChI=1S/C10H10OS/c1-8(10-7-11-10)12-9-5-3-2-4-6-9/h2-6,10H,1,7H2. The zero-order chi connectivity index (χ0) is 8.39. The highest BCUT2D eigenvalue weighted by Crippen LogP contribution is 2.33. The minimum Gasteiger partial charge on any atom is -0.367 e. The van der Waals surface area contributed by atoms with E-state index < -0.39 is 0 Å². The fourth-order valence-electron chi connectivity index (χ4n) is 0.940. The first-order valence-electron chi connectivity index (χ1n) is 3.89. The number of ether oxygens (including phenoxy) is 1. The third kappa shape index (κ3) is 1.90. The van der Waals surface area contributed by atoms with Crippen LogP contribution in [0.2, 0.25) is 0 Å². The maximum atomic E-state index is 5.12. The van der Waals surface area contributed by atoms with E-state index in [-0.39, 0.29) is 0 Å². The lowest BCUT2D eigenvalue weighted by Gasteiger charge is -2.00. The summed E-state index contributed by atoms with van der Waals surface area (Å²) in [6.07, 6.45) is 0.301. The second kappa shape index (κ2) is 3.33. The Labute approximate surface area is 76.4 Å². The molecule has 12 heavy (non-hydrogen) atoms. The number of hydrogen-bond acceptors (Lipinski definition) is 2. The zero-order valence-corrected chi connectivity index (χ0v) is 7.51. The van der Waals surface area contributed by atoms with Gasteiger partial charge in [-0.3, -0.25) is 0 Å². The van der Waals surface area contributed by atoms with Crippen molar-refractivity contribution in [2.24, 2.45) is 0 Å². The highest BCUT2D eigenvalue weighted by atomic mass is 32.2. The Morgan fingerprint density at radius 2 is 2.08 bits per heavy atom. The molecule has 0 saturated carbocycles. The van der Waals surface area contributed by atoms with Crippen LogP contribution >= 0.6 is 11.8 Å². The molecule has 0 aliphatic carbocycles. The van der Waals surface area contributed by atoms with Gasteiger partial charge in [0.25, 0.3) is 0 Å². The molecule has 1 aliphatic heterocycles. The van der Waals surface area contributed by atoms with Crippen molar-refractivity contribution in [1.29, 1.82) is 0 Å². The van der Waals surface area contributed by atoms with Gasteiger partial charge < -0.3 is 4.74 Å². The Bertz CT molecular complexity index is 277. The highest BCUT2D eigenvalue weighted by molar-refractivity contribution is 8.03. The summed E-state index contributed by atoms with van der Waals surface area (Å²) in [4.78, 5) is 2.35. The van der Waals surface area contributed by atoms with E-state index in [1.807, 2.05) is 18.2 Å². The minimum absolute atomic E-state index is 0.301. The van der Waals surface area contributed by atoms with E-state index in [0.29, 0.717) is 6.10 Å². The van der Waals surface area contributed by atoms with Crippen molar-refractivity contribution in [3.05, 3.63) is 41.8 Å². The minimum atomic E-state index is 0.301. The van der Waals surface area contributed by atoms with E-state index in [1.165, 1.54) is 4.90 Å². The van der Waals surface area contributed by atoms with Gasteiger partial charge >= 0.3 is 0 Å². The Kier molecular flexibility index (Phi) is 2.19. The first-order valence-corrected chi connectivity index (χ1v) is 4.71. The summed E-state index contributed by atoms with van der Waals surface area (Å²) >= 11 is 1.69. The molecule has 1 unspecified atom stereocenters. The summed E-state index contributed by atoms with van der Waals surface area (Å²) < 4.78 is 5.12. The van der Waals surface area contributed by atoms with Crippen molar-refractivity contribution in [2.45, 2.75) is 11.0 Å². The summed E-state index contributed by atoms with van der Waals surface area (Å²) in [6.45, 7) is 4.80. The Balaban J connectivity index is 1.98. The normalized spacial score (nSPS) is 20.5. The lowest BCUT2D eigenvalue weighted by atomic mass is 10.4. The molecule has 1 heterocycles. The van der Waals surface area contributed by atoms with Crippen LogP contribution in [0.3, 0.4) is 0 Å². The molecule has 0 radical (unpaired) electrons. The van der Waals surface area contributed by atoms with Gasteiger partial charge in [-0.25, -0.2) is 0 Å². The Morgan fingerprint density at radius 1 is 1.42 bits per heavy atom. The second-order valence-corrected chi connectivity index (χ2v) is 3.90. The lowest BCUT2D eigenvalue weighted by Crippen LogP contribution is -1.84. The molecule has 0 spiro atoms. The quantitative estimate of drug-likeness (QED) is 0.521. The molecule has 1 aromatic carbocycles. The summed E-state index contributed by atoms with van der Waals surface area (Å²) in [5.74, 6) is 0. The third-order valence-corrected chi connectivity index (χ3v) is 2.72. The van der Waals surface area contributed by atoms with Crippen LogP contribution in [0.5, 0.6) is 0 Å². The van der Waals surface area contributed by atoms with Crippen molar-refractivity contribution < 1.29 is 4.74 Å². The molecule has 0 amide bonds. The van der Waals surface area contributed by atoms with Crippen molar-refractivity contribution in [1.82, 2.24) is 0 Å². The van der Waals surface area contributed by atoms with E-state index in [9.17, 15) is 0 Å². The number of epoxide rings is 1. The van der Waals surface area contributed by atoms with E-state index in [2.05, 4.69) is 18.7 Å². The fourth-order valence-corrected chi connectivity index (χ4v) is 1.80. The van der Waals surface area contributed by atoms with Crippen LogP contribution in [0.15, 0.2) is 46.7 Å². The SMILES string of the molecule is C=C(Sc1ccccc1)C1CO1. The number of thioether (sulfide) groups is 1. The van der Waals surface area contributed by atoms with Gasteiger partial charge in [-0.05, 0) is 12.1 Å². The average Bonchev–Trinajstić information content (AvgIpc) is 2.88. The number of benzene rings is 1. The molecular formula is C10H10OS. The molecule has 1 aliphatic rings. The average molecular weight is 178 g/mol. The third-order valence-electron chi connectivity index (χ3n) is 1.68. The number of rotatable bonds is 3. The van der Waals surface area contributed by atoms with Gasteiger partial charge in [0.1, 0.15) is 6.10 Å². The zero-order valence-electron chi connectivity index (χ0n) is 6.69. The summed E-state index contributed by atoms with van der Waals surface area (Å²) in [5.41, 5.74) is 0. The molecule has 0 aromatic heterocycles. The van der Waals surface area contributed by atoms with Gasteiger partial charge in [0, 0.05) is 9.80 Å². The lowest BCUT2D eigenvalue weighted by molar-refractivity contribution is 0.438. The maximum absolute atomic E-state index is 5.12. The van der Waals surface area contributed by atoms with Crippen LogP contribution in [0.4, 0.5) is 0 Å². The van der Waals surface area contributed by atoms with Gasteiger partial charge in [-0.1, -0.05) is 36.5 Å². The summed E-state index contributed by atoms with van der Waals surface area (Å²) in [5, 5.41) is 0. The van der Waals surface area contributed by atoms with Crippen LogP contribution < -0.4 is 0 Å². The monoisotopic (exact) mass is 178 g/mol. The Hall–Kier alpha value is -0.730. The molecule has 62 valence electrons. The molecule has 0 bridgehead atoms. The molecule has 1 fully saturated rings. The van der Waals surface area contributed by atoms with E-state index in [4.69, 9.17) is 4.74 Å². The van der Waals surface area contributed by atoms with Crippen LogP contribution in [0.25, 0.3) is 0 Å². The molecule has 1 saturated heterocycles. The first-order chi connectivity index (χ1) is 5.86. The van der Waals surface area contributed by atoms with Crippen molar-refractivity contribution >= 4 is 11.8 Å². The Morgan fingerprint density at radius 3 is 2.67 bits per heavy atom. The summed E-state index contributed by atoms with van der Waals surface area (Å²) in [7, 11) is 0. The van der Waals surface area contributed by atoms with Gasteiger partial charge in [0.2, 0.25) is 0 Å². The van der Waals surface area contributed by atoms with Crippen LogP contribution in [-0.2, 0) is 4.74 Å². The largest absolute Gasteiger partial charge is 0.367 e. The van der Waals surface area contributed by atoms with Crippen molar-refractivity contribution in [3.63, 3.8) is 0 Å². The molecular weight excluding hydrogens is 168 g/mol. The number of hydrogen-bond donors (Lipinski definition) is 0. The van der Waals surface area contributed by atoms with Gasteiger partial charge in [-0.2, -0.15) is 0 Å². The first kappa shape index (κ1) is 7.90. The van der Waals surface area contributed by atoms with Crippen molar-refractivity contribution in [2.75, 3.05) is 6.61 Å². The van der Waals surface area contributed by atoms with Crippen molar-refractivity contribution in [3.8, 4) is 0 Å². The smallest absolute Gasteiger partial charge is 0.112 e. The predicted octanol–water partition coefficient (Wildman–Crippen LogP) is 2.69. The fraction of sp³-hybridized carbons (Fsp3) is 0.200. The van der Waals surface area contributed by atoms with E-state index in [0.717, 1.165) is 11.5 Å². The maximum Gasteiger partial charge on any atom is 0.112 e. The van der Waals surface area contributed by atoms with Crippen LogP contribution in [0.1, 0.15) is 0 Å². The molecule has 2 heteroatoms. The predicted molar refractivity (Wildman–Crippen MR) is 51.2 cm³/mol. The van der Waals surface area contributed by atoms with E-state index >= 15 is 0 Å². The van der Waals surface area contributed by atoms with Gasteiger partial charge in [0.15, 0.2) is 0 Å². The molecule has 1 nitrogen and oxygen atoms in total. The molecule has 2 rings (SSSR count). The molecule has 1 aromatic rings. The van der Waals surface area contributed by atoms with Crippen LogP contribution in [-0.4, -0.2) is 12.7 Å². The topological polar surface area (TPSA) is 12.5 Å². The van der Waals surface area contributed by atoms with Gasteiger partial charge in [-0.15, -0.1) is 0 Å². The molecule has 0 N–H and O–H groups in total. The molecule has 1 atom stereocenters. The van der Waals surface area contributed by atoms with Crippen LogP contribution in [0, 0.1) is 0 Å². The highest BCUT2D eigenvalue weighted by Gasteiger charge is 2.26. The summed E-state index contributed by atoms with van der Waals surface area (Å²) in [6, 6.07) is 10.2.